The number of aromatic nitrogens is 1. The van der Waals surface area contributed by atoms with Crippen LogP contribution in [0.3, 0.4) is 0 Å². The van der Waals surface area contributed by atoms with Crippen molar-refractivity contribution >= 4 is 5.97 Å². The number of carbonyl (C=O) groups is 1. The van der Waals surface area contributed by atoms with Crippen LogP contribution in [0.5, 0.6) is 0 Å². The molecule has 2 aliphatic rings. The van der Waals surface area contributed by atoms with Crippen molar-refractivity contribution in [3.8, 4) is 12.3 Å². The zero-order chi connectivity index (χ0) is 16.6. The maximum absolute atomic E-state index is 12.1. The predicted molar refractivity (Wildman–Crippen MR) is 87.0 cm³/mol. The standard InChI is InChI=1S/C18H22N2O3/c1-4-18(2,3)23-17(22)12-19-9-13-8-14(11-19)15-6-5-7-16(21)20(15)10-13/h1,5-7,13-14H,8-12H2,2-3H3/t13-,14-/m0/s1. The summed E-state index contributed by atoms with van der Waals surface area (Å²) in [7, 11) is 0. The van der Waals surface area contributed by atoms with E-state index in [-0.39, 0.29) is 18.1 Å². The number of rotatable bonds is 3. The van der Waals surface area contributed by atoms with E-state index in [0.717, 1.165) is 31.7 Å². The molecule has 0 unspecified atom stereocenters. The second-order valence-corrected chi connectivity index (χ2v) is 7.02. The molecule has 5 nitrogen and oxygen atoms in total. The number of hydrogen-bond donors (Lipinski definition) is 0. The van der Waals surface area contributed by atoms with Gasteiger partial charge in [-0.1, -0.05) is 12.0 Å². The zero-order valence-corrected chi connectivity index (χ0v) is 13.6. The van der Waals surface area contributed by atoms with Crippen LogP contribution in [0, 0.1) is 18.3 Å². The van der Waals surface area contributed by atoms with E-state index in [4.69, 9.17) is 11.2 Å². The van der Waals surface area contributed by atoms with Crippen molar-refractivity contribution in [1.29, 1.82) is 0 Å². The Kier molecular flexibility index (Phi) is 4.03. The molecule has 2 bridgehead atoms. The van der Waals surface area contributed by atoms with Crippen molar-refractivity contribution in [2.75, 3.05) is 19.6 Å². The molecule has 0 aliphatic carbocycles. The highest BCUT2D eigenvalue weighted by Crippen LogP contribution is 2.34. The average Bonchev–Trinajstić information content (AvgIpc) is 2.47. The van der Waals surface area contributed by atoms with Crippen molar-refractivity contribution in [1.82, 2.24) is 9.47 Å². The molecule has 1 saturated heterocycles. The van der Waals surface area contributed by atoms with Crippen LogP contribution >= 0.6 is 0 Å². The zero-order valence-electron chi connectivity index (χ0n) is 13.6. The fourth-order valence-electron chi connectivity index (χ4n) is 3.65. The van der Waals surface area contributed by atoms with Gasteiger partial charge in [0.15, 0.2) is 5.60 Å². The molecule has 23 heavy (non-hydrogen) atoms. The van der Waals surface area contributed by atoms with Crippen LogP contribution in [-0.4, -0.2) is 40.7 Å². The molecule has 122 valence electrons. The van der Waals surface area contributed by atoms with E-state index in [9.17, 15) is 9.59 Å². The van der Waals surface area contributed by atoms with Gasteiger partial charge in [0.25, 0.3) is 5.56 Å². The van der Waals surface area contributed by atoms with Crippen LogP contribution in [0.25, 0.3) is 0 Å². The molecule has 1 fully saturated rings. The third kappa shape index (κ3) is 3.32. The second-order valence-electron chi connectivity index (χ2n) is 7.02. The van der Waals surface area contributed by atoms with Crippen molar-refractivity contribution in [2.45, 2.75) is 38.3 Å². The topological polar surface area (TPSA) is 51.5 Å². The molecule has 0 saturated carbocycles. The molecular weight excluding hydrogens is 292 g/mol. The average molecular weight is 314 g/mol. The fourth-order valence-corrected chi connectivity index (χ4v) is 3.65. The molecule has 2 aliphatic heterocycles. The minimum Gasteiger partial charge on any atom is -0.445 e. The highest BCUT2D eigenvalue weighted by molar-refractivity contribution is 5.72. The summed E-state index contributed by atoms with van der Waals surface area (Å²) in [6, 6.07) is 5.45. The molecule has 0 aromatic carbocycles. The number of terminal acetylenes is 1. The molecule has 0 N–H and O–H groups in total. The van der Waals surface area contributed by atoms with Crippen molar-refractivity contribution in [3.05, 3.63) is 34.2 Å². The lowest BCUT2D eigenvalue weighted by molar-refractivity contribution is -0.153. The Labute approximate surface area is 136 Å². The number of likely N-dealkylation sites (tertiary alicyclic amines) is 1. The number of fused-ring (bicyclic) bond motifs is 4. The van der Waals surface area contributed by atoms with Gasteiger partial charge in [0.05, 0.1) is 6.54 Å². The first-order valence-electron chi connectivity index (χ1n) is 7.99. The van der Waals surface area contributed by atoms with E-state index in [1.165, 1.54) is 0 Å². The predicted octanol–water partition coefficient (Wildman–Crippen LogP) is 1.22. The normalized spacial score (nSPS) is 23.7. The summed E-state index contributed by atoms with van der Waals surface area (Å²) in [5.41, 5.74) is 0.277. The third-order valence-electron chi connectivity index (χ3n) is 4.62. The number of nitrogens with zero attached hydrogens (tertiary/aromatic N) is 2. The Morgan fingerprint density at radius 1 is 1.39 bits per heavy atom. The molecule has 1 aromatic rings. The summed E-state index contributed by atoms with van der Waals surface area (Å²) in [6.07, 6.45) is 6.43. The molecule has 3 rings (SSSR count). The summed E-state index contributed by atoms with van der Waals surface area (Å²) in [5, 5.41) is 0. The molecule has 5 heteroatoms. The summed E-state index contributed by atoms with van der Waals surface area (Å²) in [4.78, 5) is 26.2. The van der Waals surface area contributed by atoms with E-state index in [1.807, 2.05) is 16.7 Å². The van der Waals surface area contributed by atoms with Crippen molar-refractivity contribution < 1.29 is 9.53 Å². The Morgan fingerprint density at radius 2 is 2.17 bits per heavy atom. The molecule has 3 heterocycles. The van der Waals surface area contributed by atoms with Crippen LogP contribution in [0.2, 0.25) is 0 Å². The van der Waals surface area contributed by atoms with Gasteiger partial charge < -0.3 is 9.30 Å². The van der Waals surface area contributed by atoms with Gasteiger partial charge in [-0.05, 0) is 32.3 Å². The Morgan fingerprint density at radius 3 is 2.91 bits per heavy atom. The van der Waals surface area contributed by atoms with Gasteiger partial charge in [-0.2, -0.15) is 0 Å². The first kappa shape index (κ1) is 15.8. The van der Waals surface area contributed by atoms with Crippen LogP contribution < -0.4 is 5.56 Å². The highest BCUT2D eigenvalue weighted by atomic mass is 16.6. The molecule has 1 aromatic heterocycles. The SMILES string of the molecule is C#CC(C)(C)OC(=O)CN1C[C@@H]2C[C@@H](C1)c1cccc(=O)n1C2. The minimum absolute atomic E-state index is 0.0702. The maximum atomic E-state index is 12.1. The number of pyridine rings is 1. The van der Waals surface area contributed by atoms with Gasteiger partial charge in [-0.15, -0.1) is 6.42 Å². The van der Waals surface area contributed by atoms with Gasteiger partial charge in [-0.3, -0.25) is 14.5 Å². The molecule has 0 amide bonds. The molecule has 2 atom stereocenters. The van der Waals surface area contributed by atoms with Crippen LogP contribution in [-0.2, 0) is 16.1 Å². The van der Waals surface area contributed by atoms with Crippen molar-refractivity contribution in [2.24, 2.45) is 5.92 Å². The monoisotopic (exact) mass is 314 g/mol. The van der Waals surface area contributed by atoms with Crippen LogP contribution in [0.4, 0.5) is 0 Å². The molecular formula is C18H22N2O3. The second kappa shape index (κ2) is 5.86. The molecule has 0 radical (unpaired) electrons. The van der Waals surface area contributed by atoms with Crippen LogP contribution in [0.1, 0.15) is 31.9 Å². The number of esters is 1. The Bertz CT molecular complexity index is 714. The lowest BCUT2D eigenvalue weighted by atomic mass is 9.83. The number of ether oxygens (including phenoxy) is 1. The lowest BCUT2D eigenvalue weighted by Crippen LogP contribution is -2.49. The third-order valence-corrected chi connectivity index (χ3v) is 4.62. The Hall–Kier alpha value is -2.06. The first-order valence-corrected chi connectivity index (χ1v) is 7.99. The van der Waals surface area contributed by atoms with Gasteiger partial charge in [0.2, 0.25) is 0 Å². The van der Waals surface area contributed by atoms with E-state index >= 15 is 0 Å². The summed E-state index contributed by atoms with van der Waals surface area (Å²) < 4.78 is 7.21. The number of piperidine rings is 1. The number of carbonyl (C=O) groups excluding carboxylic acids is 1. The van der Waals surface area contributed by atoms with Crippen LogP contribution in [0.15, 0.2) is 23.0 Å². The lowest BCUT2D eigenvalue weighted by Gasteiger charge is -2.42. The maximum Gasteiger partial charge on any atom is 0.321 e. The van der Waals surface area contributed by atoms with Gasteiger partial charge in [0, 0.05) is 37.3 Å². The van der Waals surface area contributed by atoms with Gasteiger partial charge in [-0.25, -0.2) is 0 Å². The van der Waals surface area contributed by atoms with Gasteiger partial charge >= 0.3 is 5.97 Å². The van der Waals surface area contributed by atoms with E-state index < -0.39 is 5.60 Å². The van der Waals surface area contributed by atoms with Gasteiger partial charge in [0.1, 0.15) is 0 Å². The summed E-state index contributed by atoms with van der Waals surface area (Å²) >= 11 is 0. The largest absolute Gasteiger partial charge is 0.445 e. The fraction of sp³-hybridized carbons (Fsp3) is 0.556. The van der Waals surface area contributed by atoms with Crippen molar-refractivity contribution in [3.63, 3.8) is 0 Å². The summed E-state index contributed by atoms with van der Waals surface area (Å²) in [6.45, 7) is 5.97. The molecule has 0 spiro atoms. The number of hydrogen-bond acceptors (Lipinski definition) is 4. The Balaban J connectivity index is 1.70. The van der Waals surface area contributed by atoms with E-state index in [2.05, 4.69) is 10.8 Å². The van der Waals surface area contributed by atoms with E-state index in [0.29, 0.717) is 11.8 Å². The summed E-state index contributed by atoms with van der Waals surface area (Å²) in [5.74, 6) is 2.87. The highest BCUT2D eigenvalue weighted by Gasteiger charge is 2.35. The minimum atomic E-state index is -0.872. The smallest absolute Gasteiger partial charge is 0.321 e. The van der Waals surface area contributed by atoms with E-state index in [1.54, 1.807) is 19.9 Å². The first-order chi connectivity index (χ1) is 10.9. The quantitative estimate of drug-likeness (QED) is 0.622.